The molecule has 3 rings (SSSR count). The van der Waals surface area contributed by atoms with Crippen LogP contribution in [0, 0.1) is 0 Å². The minimum atomic E-state index is -0.813. The lowest BCUT2D eigenvalue weighted by molar-refractivity contribution is -0.136. The largest absolute Gasteiger partial charge is 0.481 e. The van der Waals surface area contributed by atoms with Gasteiger partial charge >= 0.3 is 5.97 Å². The van der Waals surface area contributed by atoms with Gasteiger partial charge in [-0.05, 0) is 36.0 Å². The van der Waals surface area contributed by atoms with Crippen LogP contribution in [0.25, 0.3) is 0 Å². The zero-order valence-corrected chi connectivity index (χ0v) is 12.7. The smallest absolute Gasteiger partial charge is 0.307 e. The normalized spacial score (nSPS) is 17.5. The maximum absolute atomic E-state index is 10.6. The molecule has 4 nitrogen and oxygen atoms in total. The molecule has 0 aromatic heterocycles. The van der Waals surface area contributed by atoms with Crippen LogP contribution in [0.1, 0.15) is 49.1 Å². The second-order valence-corrected chi connectivity index (χ2v) is 5.95. The number of nitrogens with one attached hydrogen (secondary N) is 1. The third kappa shape index (κ3) is 5.38. The summed E-state index contributed by atoms with van der Waals surface area (Å²) in [6.45, 7) is 0.597. The van der Waals surface area contributed by atoms with Gasteiger partial charge in [-0.1, -0.05) is 43.0 Å². The molecule has 0 radical (unpaired) electrons. The highest BCUT2D eigenvalue weighted by atomic mass is 35.5. The first-order valence-corrected chi connectivity index (χ1v) is 7.71. The lowest BCUT2D eigenvalue weighted by Crippen LogP contribution is -2.06. The molecule has 1 saturated carbocycles. The van der Waals surface area contributed by atoms with E-state index in [1.165, 1.54) is 37.7 Å². The molecule has 2 aliphatic rings. The van der Waals surface area contributed by atoms with E-state index >= 15 is 0 Å². The van der Waals surface area contributed by atoms with E-state index in [1.807, 2.05) is 12.1 Å². The third-order valence-corrected chi connectivity index (χ3v) is 4.11. The summed E-state index contributed by atoms with van der Waals surface area (Å²) in [5.74, 6) is -0.0818. The number of carbonyl (C=O) groups is 2. The predicted molar refractivity (Wildman–Crippen MR) is 81.6 cm³/mol. The van der Waals surface area contributed by atoms with Gasteiger partial charge in [0.05, 0.1) is 13.0 Å². The zero-order chi connectivity index (χ0) is 15.2. The Bertz CT molecular complexity index is 518. The summed E-state index contributed by atoms with van der Waals surface area (Å²) in [4.78, 5) is 20.1. The average molecular weight is 310 g/mol. The Hall–Kier alpha value is -1.55. The number of benzene rings is 1. The molecular weight excluding hydrogens is 290 g/mol. The molecule has 1 aliphatic carbocycles. The van der Waals surface area contributed by atoms with Crippen LogP contribution in [0.5, 0.6) is 0 Å². The van der Waals surface area contributed by atoms with Gasteiger partial charge in [-0.15, -0.1) is 0 Å². The van der Waals surface area contributed by atoms with Gasteiger partial charge in [0.1, 0.15) is 0 Å². The number of hydrogen-bond acceptors (Lipinski definition) is 2. The first-order chi connectivity index (χ1) is 10.1. The lowest BCUT2D eigenvalue weighted by atomic mass is 9.84. The van der Waals surface area contributed by atoms with Gasteiger partial charge in [-0.3, -0.25) is 9.59 Å². The van der Waals surface area contributed by atoms with Crippen LogP contribution in [0.15, 0.2) is 18.2 Å². The van der Waals surface area contributed by atoms with E-state index < -0.39 is 5.97 Å². The van der Waals surface area contributed by atoms with E-state index in [-0.39, 0.29) is 12.3 Å². The molecule has 114 valence electrons. The highest BCUT2D eigenvalue weighted by Crippen LogP contribution is 2.36. The van der Waals surface area contributed by atoms with Gasteiger partial charge in [-0.2, -0.15) is 0 Å². The highest BCUT2D eigenvalue weighted by Gasteiger charge is 2.18. The van der Waals surface area contributed by atoms with Crippen LogP contribution < -0.4 is 5.32 Å². The van der Waals surface area contributed by atoms with Gasteiger partial charge in [-0.25, -0.2) is 0 Å². The minimum Gasteiger partial charge on any atom is -0.481 e. The van der Waals surface area contributed by atoms with Gasteiger partial charge in [0, 0.05) is 5.02 Å². The number of halogens is 1. The fourth-order valence-electron chi connectivity index (χ4n) is 2.64. The van der Waals surface area contributed by atoms with E-state index in [0.717, 1.165) is 10.6 Å². The predicted octanol–water partition coefficient (Wildman–Crippen LogP) is 3.13. The van der Waals surface area contributed by atoms with Crippen molar-refractivity contribution in [1.82, 2.24) is 5.32 Å². The average Bonchev–Trinajstić information content (AvgIpc) is 3.22. The SMILES string of the molecule is O=C(O)Cc1ccc(C2CCCCC2)c(Cl)c1.O=C1CN1. The fourth-order valence-corrected chi connectivity index (χ4v) is 2.99. The summed E-state index contributed by atoms with van der Waals surface area (Å²) in [6, 6.07) is 5.71. The Morgan fingerprint density at radius 1 is 1.29 bits per heavy atom. The number of carboxylic acid groups (broad SMARTS) is 1. The molecule has 0 bridgehead atoms. The molecule has 1 aromatic rings. The van der Waals surface area contributed by atoms with Crippen molar-refractivity contribution >= 4 is 23.5 Å². The molecule has 2 N–H and O–H groups in total. The number of hydrogen-bond donors (Lipinski definition) is 2. The maximum atomic E-state index is 10.6. The fraction of sp³-hybridized carbons (Fsp3) is 0.500. The van der Waals surface area contributed by atoms with E-state index in [0.29, 0.717) is 12.5 Å². The van der Waals surface area contributed by atoms with Crippen LogP contribution in [0.4, 0.5) is 0 Å². The van der Waals surface area contributed by atoms with Crippen LogP contribution in [0.3, 0.4) is 0 Å². The van der Waals surface area contributed by atoms with Crippen molar-refractivity contribution in [3.63, 3.8) is 0 Å². The molecule has 2 fully saturated rings. The van der Waals surface area contributed by atoms with E-state index in [9.17, 15) is 9.59 Å². The van der Waals surface area contributed by atoms with Gasteiger partial charge in [0.15, 0.2) is 0 Å². The van der Waals surface area contributed by atoms with Gasteiger partial charge in [0.2, 0.25) is 5.91 Å². The zero-order valence-electron chi connectivity index (χ0n) is 11.9. The Balaban J connectivity index is 0.000000347. The molecule has 1 amide bonds. The van der Waals surface area contributed by atoms with Crippen molar-refractivity contribution in [2.45, 2.75) is 44.4 Å². The molecule has 0 atom stereocenters. The van der Waals surface area contributed by atoms with E-state index in [1.54, 1.807) is 6.07 Å². The summed E-state index contributed by atoms with van der Waals surface area (Å²) >= 11 is 6.25. The standard InChI is InChI=1S/C14H17ClO2.C2H3NO/c15-13-8-10(9-14(16)17)6-7-12(13)11-4-2-1-3-5-11;4-2-1-3-2/h6-8,11H,1-5,9H2,(H,16,17);1H2,(H,3,4). The summed E-state index contributed by atoms with van der Waals surface area (Å²) in [5.41, 5.74) is 1.97. The third-order valence-electron chi connectivity index (χ3n) is 3.79. The number of carbonyl (C=O) groups excluding carboxylic acids is 1. The van der Waals surface area contributed by atoms with Crippen LogP contribution in [-0.4, -0.2) is 23.5 Å². The molecule has 1 saturated heterocycles. The minimum absolute atomic E-state index is 0.0463. The molecule has 0 unspecified atom stereocenters. The van der Waals surface area contributed by atoms with Crippen molar-refractivity contribution in [2.75, 3.05) is 6.54 Å². The molecule has 1 aliphatic heterocycles. The lowest BCUT2D eigenvalue weighted by Gasteiger charge is -2.23. The monoisotopic (exact) mass is 309 g/mol. The first-order valence-electron chi connectivity index (χ1n) is 7.33. The van der Waals surface area contributed by atoms with Crippen LogP contribution >= 0.6 is 11.6 Å². The maximum Gasteiger partial charge on any atom is 0.307 e. The van der Waals surface area contributed by atoms with Crippen molar-refractivity contribution in [1.29, 1.82) is 0 Å². The molecule has 1 heterocycles. The number of amides is 1. The van der Waals surface area contributed by atoms with Crippen molar-refractivity contribution in [3.05, 3.63) is 34.3 Å². The molecule has 1 aromatic carbocycles. The van der Waals surface area contributed by atoms with E-state index in [2.05, 4.69) is 5.32 Å². The van der Waals surface area contributed by atoms with Crippen molar-refractivity contribution in [2.24, 2.45) is 0 Å². The second-order valence-electron chi connectivity index (χ2n) is 5.54. The van der Waals surface area contributed by atoms with Crippen molar-refractivity contribution < 1.29 is 14.7 Å². The first kappa shape index (κ1) is 15.8. The summed E-state index contributed by atoms with van der Waals surface area (Å²) < 4.78 is 0. The second kappa shape index (κ2) is 7.46. The molecule has 0 spiro atoms. The summed E-state index contributed by atoms with van der Waals surface area (Å²) in [6.07, 6.45) is 6.33. The van der Waals surface area contributed by atoms with Gasteiger partial charge in [0.25, 0.3) is 0 Å². The number of aliphatic carboxylic acids is 1. The van der Waals surface area contributed by atoms with Crippen molar-refractivity contribution in [3.8, 4) is 0 Å². The summed E-state index contributed by atoms with van der Waals surface area (Å²) in [7, 11) is 0. The Morgan fingerprint density at radius 2 is 1.90 bits per heavy atom. The van der Waals surface area contributed by atoms with Gasteiger partial charge < -0.3 is 10.4 Å². The van der Waals surface area contributed by atoms with Crippen LogP contribution in [-0.2, 0) is 16.0 Å². The topological polar surface area (TPSA) is 76.3 Å². The molecular formula is C16H20ClNO3. The summed E-state index contributed by atoms with van der Waals surface area (Å²) in [5, 5.41) is 11.9. The Labute approximate surface area is 129 Å². The Kier molecular flexibility index (Phi) is 5.62. The molecule has 5 heteroatoms. The number of rotatable bonds is 3. The van der Waals surface area contributed by atoms with E-state index in [4.69, 9.17) is 16.7 Å². The highest BCUT2D eigenvalue weighted by molar-refractivity contribution is 6.31. The number of carboxylic acids is 1. The Morgan fingerprint density at radius 3 is 2.38 bits per heavy atom. The quantitative estimate of drug-likeness (QED) is 0.842. The molecule has 21 heavy (non-hydrogen) atoms. The van der Waals surface area contributed by atoms with Crippen LogP contribution in [0.2, 0.25) is 5.02 Å².